The van der Waals surface area contributed by atoms with Crippen LogP contribution in [0.1, 0.15) is 6.92 Å². The number of nitrogens with zero attached hydrogens (tertiary/aromatic N) is 2. The van der Waals surface area contributed by atoms with E-state index in [1.54, 1.807) is 10.6 Å². The molecule has 0 aliphatic heterocycles. The van der Waals surface area contributed by atoms with Crippen molar-refractivity contribution < 1.29 is 0 Å². The first-order chi connectivity index (χ1) is 12.1. The molecule has 25 heavy (non-hydrogen) atoms. The molecule has 0 atom stereocenters. The van der Waals surface area contributed by atoms with Gasteiger partial charge in [-0.1, -0.05) is 28.1 Å². The van der Waals surface area contributed by atoms with Crippen LogP contribution in [0.2, 0.25) is 0 Å². The summed E-state index contributed by atoms with van der Waals surface area (Å²) in [7, 11) is 0. The Morgan fingerprint density at radius 2 is 1.88 bits per heavy atom. The molecule has 124 valence electrons. The van der Waals surface area contributed by atoms with Gasteiger partial charge in [-0.05, 0) is 37.3 Å². The molecule has 5 nitrogen and oxygen atoms in total. The van der Waals surface area contributed by atoms with Gasteiger partial charge in [-0.3, -0.25) is 14.2 Å². The molecule has 2 heterocycles. The molecule has 0 aliphatic carbocycles. The van der Waals surface area contributed by atoms with Gasteiger partial charge in [-0.2, -0.15) is 0 Å². The van der Waals surface area contributed by atoms with Crippen molar-refractivity contribution in [2.75, 3.05) is 0 Å². The molecule has 0 fully saturated rings. The zero-order chi connectivity index (χ0) is 17.6. The third kappa shape index (κ3) is 2.59. The second kappa shape index (κ2) is 5.97. The largest absolute Gasteiger partial charge is 0.322 e. The maximum Gasteiger partial charge on any atom is 0.261 e. The standard InChI is InChI=1S/C19H14BrN3O2/c1-2-23-18(22-15-6-4-3-5-12(15)19(23)25)14-10-17(24)21-16-8-7-11(20)9-13(14)16/h3-10H,2H2,1H3,(H,21,24). The van der Waals surface area contributed by atoms with Crippen molar-refractivity contribution in [3.63, 3.8) is 0 Å². The zero-order valence-corrected chi connectivity index (χ0v) is 15.0. The Balaban J connectivity index is 2.19. The number of nitrogens with one attached hydrogen (secondary N) is 1. The van der Waals surface area contributed by atoms with E-state index in [1.807, 2.05) is 43.3 Å². The second-order valence-electron chi connectivity index (χ2n) is 5.74. The molecule has 4 aromatic rings. The summed E-state index contributed by atoms with van der Waals surface area (Å²) >= 11 is 3.47. The maximum absolute atomic E-state index is 12.9. The maximum atomic E-state index is 12.9. The van der Waals surface area contributed by atoms with Crippen molar-refractivity contribution in [3.05, 3.63) is 73.7 Å². The van der Waals surface area contributed by atoms with Crippen LogP contribution in [0.4, 0.5) is 0 Å². The van der Waals surface area contributed by atoms with Gasteiger partial charge in [0.1, 0.15) is 5.82 Å². The van der Waals surface area contributed by atoms with Crippen molar-refractivity contribution >= 4 is 37.7 Å². The topological polar surface area (TPSA) is 67.8 Å². The number of H-pyrrole nitrogens is 1. The number of para-hydroxylation sites is 1. The van der Waals surface area contributed by atoms with Gasteiger partial charge in [-0.15, -0.1) is 0 Å². The van der Waals surface area contributed by atoms with Crippen molar-refractivity contribution in [1.29, 1.82) is 0 Å². The lowest BCUT2D eigenvalue weighted by Crippen LogP contribution is -2.23. The van der Waals surface area contributed by atoms with Gasteiger partial charge in [0.2, 0.25) is 5.56 Å². The second-order valence-corrected chi connectivity index (χ2v) is 6.65. The number of aromatic nitrogens is 3. The molecule has 0 amide bonds. The van der Waals surface area contributed by atoms with Crippen molar-refractivity contribution in [3.8, 4) is 11.4 Å². The summed E-state index contributed by atoms with van der Waals surface area (Å²) in [6.07, 6.45) is 0. The lowest BCUT2D eigenvalue weighted by Gasteiger charge is -2.13. The summed E-state index contributed by atoms with van der Waals surface area (Å²) in [4.78, 5) is 32.5. The van der Waals surface area contributed by atoms with Gasteiger partial charge < -0.3 is 4.98 Å². The predicted molar refractivity (Wildman–Crippen MR) is 103 cm³/mol. The Hall–Kier alpha value is -2.73. The molecule has 4 rings (SSSR count). The average molecular weight is 396 g/mol. The van der Waals surface area contributed by atoms with E-state index < -0.39 is 0 Å². The lowest BCUT2D eigenvalue weighted by molar-refractivity contribution is 0.728. The Bertz CT molecular complexity index is 1240. The van der Waals surface area contributed by atoms with Gasteiger partial charge in [0.05, 0.1) is 10.9 Å². The fourth-order valence-corrected chi connectivity index (χ4v) is 3.44. The number of rotatable bonds is 2. The van der Waals surface area contributed by atoms with Crippen LogP contribution in [-0.2, 0) is 6.54 Å². The number of pyridine rings is 1. The first kappa shape index (κ1) is 15.8. The van der Waals surface area contributed by atoms with Crippen LogP contribution < -0.4 is 11.1 Å². The molecule has 0 bridgehead atoms. The monoisotopic (exact) mass is 395 g/mol. The molecule has 1 N–H and O–H groups in total. The van der Waals surface area contributed by atoms with Crippen molar-refractivity contribution in [2.45, 2.75) is 13.5 Å². The van der Waals surface area contributed by atoms with Crippen molar-refractivity contribution in [2.24, 2.45) is 0 Å². The van der Waals surface area contributed by atoms with Crippen LogP contribution in [0.25, 0.3) is 33.2 Å². The molecule has 0 radical (unpaired) electrons. The number of fused-ring (bicyclic) bond motifs is 2. The third-order valence-electron chi connectivity index (χ3n) is 4.22. The summed E-state index contributed by atoms with van der Waals surface area (Å²) in [6, 6.07) is 14.4. The van der Waals surface area contributed by atoms with E-state index in [9.17, 15) is 9.59 Å². The number of benzene rings is 2. The molecule has 0 aliphatic rings. The van der Waals surface area contributed by atoms with Crippen LogP contribution in [0, 0.1) is 0 Å². The lowest BCUT2D eigenvalue weighted by atomic mass is 10.1. The van der Waals surface area contributed by atoms with Crippen LogP contribution in [-0.4, -0.2) is 14.5 Å². The van der Waals surface area contributed by atoms with Gasteiger partial charge >= 0.3 is 0 Å². The van der Waals surface area contributed by atoms with Crippen LogP contribution in [0.15, 0.2) is 62.6 Å². The van der Waals surface area contributed by atoms with E-state index in [2.05, 4.69) is 20.9 Å². The Morgan fingerprint density at radius 1 is 1.08 bits per heavy atom. The molecule has 2 aromatic carbocycles. The normalized spacial score (nSPS) is 11.3. The van der Waals surface area contributed by atoms with Crippen LogP contribution in [0.3, 0.4) is 0 Å². The smallest absolute Gasteiger partial charge is 0.261 e. The van der Waals surface area contributed by atoms with Crippen LogP contribution in [0.5, 0.6) is 0 Å². The highest BCUT2D eigenvalue weighted by Crippen LogP contribution is 2.27. The van der Waals surface area contributed by atoms with Gasteiger partial charge in [0, 0.05) is 33.6 Å². The average Bonchev–Trinajstić information content (AvgIpc) is 2.61. The Morgan fingerprint density at radius 3 is 2.68 bits per heavy atom. The first-order valence-electron chi connectivity index (χ1n) is 7.91. The minimum Gasteiger partial charge on any atom is -0.322 e. The van der Waals surface area contributed by atoms with E-state index in [-0.39, 0.29) is 11.1 Å². The zero-order valence-electron chi connectivity index (χ0n) is 13.4. The van der Waals surface area contributed by atoms with E-state index in [1.165, 1.54) is 6.07 Å². The number of halogens is 1. The Kier molecular flexibility index (Phi) is 3.77. The third-order valence-corrected chi connectivity index (χ3v) is 4.72. The minimum absolute atomic E-state index is 0.105. The molecule has 0 saturated heterocycles. The fourth-order valence-electron chi connectivity index (χ4n) is 3.08. The fraction of sp³-hybridized carbons (Fsp3) is 0.105. The minimum atomic E-state index is -0.227. The predicted octanol–water partition coefficient (Wildman–Crippen LogP) is 3.69. The molecule has 0 unspecified atom stereocenters. The highest BCUT2D eigenvalue weighted by Gasteiger charge is 2.15. The SMILES string of the molecule is CCn1c(-c2cc(=O)[nH]c3ccc(Br)cc23)nc2ccccc2c1=O. The van der Waals surface area contributed by atoms with E-state index in [4.69, 9.17) is 4.98 Å². The molecular formula is C19H14BrN3O2. The molecule has 2 aromatic heterocycles. The summed E-state index contributed by atoms with van der Waals surface area (Å²) in [6.45, 7) is 2.36. The van der Waals surface area contributed by atoms with Gasteiger partial charge in [0.25, 0.3) is 5.56 Å². The summed E-state index contributed by atoms with van der Waals surface area (Å²) < 4.78 is 2.50. The number of hydrogen-bond donors (Lipinski definition) is 1. The summed E-state index contributed by atoms with van der Waals surface area (Å²) in [5.41, 5.74) is 1.64. The summed E-state index contributed by atoms with van der Waals surface area (Å²) in [5.74, 6) is 0.500. The van der Waals surface area contributed by atoms with E-state index in [0.29, 0.717) is 34.4 Å². The van der Waals surface area contributed by atoms with Crippen molar-refractivity contribution in [1.82, 2.24) is 14.5 Å². The van der Waals surface area contributed by atoms with E-state index >= 15 is 0 Å². The summed E-state index contributed by atoms with van der Waals surface area (Å²) in [5, 5.41) is 1.40. The van der Waals surface area contributed by atoms with E-state index in [0.717, 1.165) is 9.86 Å². The molecule has 6 heteroatoms. The number of aromatic amines is 1. The highest BCUT2D eigenvalue weighted by atomic mass is 79.9. The van der Waals surface area contributed by atoms with Crippen LogP contribution >= 0.6 is 15.9 Å². The quantitative estimate of drug-likeness (QED) is 0.562. The molecule has 0 saturated carbocycles. The highest BCUT2D eigenvalue weighted by molar-refractivity contribution is 9.10. The van der Waals surface area contributed by atoms with Gasteiger partial charge in [-0.25, -0.2) is 4.98 Å². The molecule has 0 spiro atoms. The number of hydrogen-bond acceptors (Lipinski definition) is 3. The first-order valence-corrected chi connectivity index (χ1v) is 8.70. The Labute approximate surface area is 151 Å². The van der Waals surface area contributed by atoms with Gasteiger partial charge in [0.15, 0.2) is 0 Å². The molecular weight excluding hydrogens is 382 g/mol.